The molecule has 4 heteroatoms. The third-order valence-electron chi connectivity index (χ3n) is 3.47. The number of hydrogen-bond donors (Lipinski definition) is 0. The number of halogens is 1. The van der Waals surface area contributed by atoms with Crippen molar-refractivity contribution in [1.82, 2.24) is 0 Å². The lowest BCUT2D eigenvalue weighted by Crippen LogP contribution is -2.52. The topological polar surface area (TPSA) is 27.7 Å². The number of ether oxygens (including phenoxy) is 3. The zero-order chi connectivity index (χ0) is 11.7. The number of hydrogen-bond acceptors (Lipinski definition) is 3. The van der Waals surface area contributed by atoms with Crippen LogP contribution in [-0.4, -0.2) is 42.5 Å². The van der Waals surface area contributed by atoms with E-state index in [0.29, 0.717) is 23.1 Å². The van der Waals surface area contributed by atoms with Crippen molar-refractivity contribution in [2.24, 2.45) is 0 Å². The molecule has 0 spiro atoms. The third-order valence-corrected chi connectivity index (χ3v) is 4.37. The van der Waals surface area contributed by atoms with Crippen molar-refractivity contribution < 1.29 is 14.2 Å². The second-order valence-corrected chi connectivity index (χ2v) is 6.15. The zero-order valence-corrected chi connectivity index (χ0v) is 11.8. The Hall–Kier alpha value is 0.360. The smallest absolute Gasteiger partial charge is 0.0958 e. The third kappa shape index (κ3) is 2.78. The molecule has 0 aromatic rings. The predicted molar refractivity (Wildman–Crippen MR) is 66.0 cm³/mol. The lowest BCUT2D eigenvalue weighted by atomic mass is 9.90. The fourth-order valence-electron chi connectivity index (χ4n) is 2.66. The summed E-state index contributed by atoms with van der Waals surface area (Å²) in [5, 5.41) is 0. The highest BCUT2D eigenvalue weighted by Gasteiger charge is 2.42. The molecule has 0 amide bonds. The minimum absolute atomic E-state index is 0.216. The Morgan fingerprint density at radius 3 is 2.25 bits per heavy atom. The molecule has 1 heterocycles. The van der Waals surface area contributed by atoms with Gasteiger partial charge in [-0.15, -0.1) is 0 Å². The van der Waals surface area contributed by atoms with Gasteiger partial charge in [0, 0.05) is 11.9 Å². The fraction of sp³-hybridized carbons (Fsp3) is 1.00. The predicted octanol–water partition coefficient (Wildman–Crippen LogP) is 2.51. The van der Waals surface area contributed by atoms with Crippen molar-refractivity contribution in [3.8, 4) is 0 Å². The van der Waals surface area contributed by atoms with Gasteiger partial charge < -0.3 is 14.2 Å². The molecule has 0 N–H and O–H groups in total. The fourth-order valence-corrected chi connectivity index (χ4v) is 3.59. The second-order valence-electron chi connectivity index (χ2n) is 4.98. The molecule has 1 saturated heterocycles. The molecule has 2 rings (SSSR count). The molecular formula is C12H21BrO3. The van der Waals surface area contributed by atoms with E-state index < -0.39 is 0 Å². The molecule has 16 heavy (non-hydrogen) atoms. The Balaban J connectivity index is 1.81. The van der Waals surface area contributed by atoms with E-state index in [0.717, 1.165) is 19.3 Å². The van der Waals surface area contributed by atoms with E-state index in [1.807, 2.05) is 0 Å². The van der Waals surface area contributed by atoms with Crippen molar-refractivity contribution in [3.63, 3.8) is 0 Å². The second kappa shape index (κ2) is 5.34. The van der Waals surface area contributed by atoms with Gasteiger partial charge in [-0.05, 0) is 33.1 Å². The van der Waals surface area contributed by atoms with Crippen LogP contribution < -0.4 is 0 Å². The molecule has 0 radical (unpaired) electrons. The van der Waals surface area contributed by atoms with Gasteiger partial charge in [-0.2, -0.15) is 0 Å². The molecular weight excluding hydrogens is 272 g/mol. The van der Waals surface area contributed by atoms with Gasteiger partial charge >= 0.3 is 0 Å². The summed E-state index contributed by atoms with van der Waals surface area (Å²) in [7, 11) is 1.75. The number of alkyl halides is 1. The van der Waals surface area contributed by atoms with Crippen LogP contribution in [0.2, 0.25) is 0 Å². The molecule has 5 unspecified atom stereocenters. The first-order valence-electron chi connectivity index (χ1n) is 6.08. The highest BCUT2D eigenvalue weighted by atomic mass is 79.9. The van der Waals surface area contributed by atoms with Crippen LogP contribution in [0.3, 0.4) is 0 Å². The van der Waals surface area contributed by atoms with Crippen LogP contribution in [0.1, 0.15) is 33.1 Å². The summed E-state index contributed by atoms with van der Waals surface area (Å²) in [6.07, 6.45) is 4.50. The molecule has 94 valence electrons. The first kappa shape index (κ1) is 12.8. The Morgan fingerprint density at radius 2 is 1.75 bits per heavy atom. The van der Waals surface area contributed by atoms with Gasteiger partial charge in [-0.1, -0.05) is 15.9 Å². The van der Waals surface area contributed by atoms with E-state index >= 15 is 0 Å². The summed E-state index contributed by atoms with van der Waals surface area (Å²) in [5.74, 6) is 0. The highest BCUT2D eigenvalue weighted by molar-refractivity contribution is 9.09. The molecule has 2 fully saturated rings. The Morgan fingerprint density at radius 1 is 1.12 bits per heavy atom. The Labute approximate surface area is 106 Å². The lowest BCUT2D eigenvalue weighted by Gasteiger charge is -2.43. The lowest BCUT2D eigenvalue weighted by molar-refractivity contribution is -0.172. The summed E-state index contributed by atoms with van der Waals surface area (Å²) in [6.45, 7) is 4.24. The van der Waals surface area contributed by atoms with E-state index in [9.17, 15) is 0 Å². The van der Waals surface area contributed by atoms with Gasteiger partial charge in [0.2, 0.25) is 0 Å². The number of rotatable bonds is 3. The molecule has 5 atom stereocenters. The molecule has 3 nitrogen and oxygen atoms in total. The maximum Gasteiger partial charge on any atom is 0.0958 e. The maximum atomic E-state index is 6.11. The van der Waals surface area contributed by atoms with Crippen molar-refractivity contribution in [2.45, 2.75) is 68.5 Å². The normalized spacial score (nSPS) is 48.8. The molecule has 1 aliphatic heterocycles. The highest BCUT2D eigenvalue weighted by Crippen LogP contribution is 2.35. The van der Waals surface area contributed by atoms with E-state index in [1.54, 1.807) is 7.11 Å². The van der Waals surface area contributed by atoms with Crippen molar-refractivity contribution in [2.75, 3.05) is 7.11 Å². The zero-order valence-electron chi connectivity index (χ0n) is 10.2. The summed E-state index contributed by atoms with van der Waals surface area (Å²) in [4.78, 5) is 0.456. The average Bonchev–Trinajstić information content (AvgIpc) is 2.15. The summed E-state index contributed by atoms with van der Waals surface area (Å²) < 4.78 is 17.2. The number of methoxy groups -OCH3 is 1. The van der Waals surface area contributed by atoms with Gasteiger partial charge in [0.25, 0.3) is 0 Å². The minimum atomic E-state index is 0.216. The molecule has 0 aromatic heterocycles. The maximum absolute atomic E-state index is 6.11. The van der Waals surface area contributed by atoms with Crippen LogP contribution in [-0.2, 0) is 14.2 Å². The average molecular weight is 293 g/mol. The SMILES string of the molecule is COC1C(Br)CC1OC1CC(C)OC(C)C1. The summed E-state index contributed by atoms with van der Waals surface area (Å²) in [5.41, 5.74) is 0. The largest absolute Gasteiger partial charge is 0.378 e. The van der Waals surface area contributed by atoms with E-state index in [4.69, 9.17) is 14.2 Å². The quantitative estimate of drug-likeness (QED) is 0.748. The van der Waals surface area contributed by atoms with Crippen LogP contribution in [0.5, 0.6) is 0 Å². The van der Waals surface area contributed by atoms with Crippen LogP contribution >= 0.6 is 15.9 Å². The van der Waals surface area contributed by atoms with Crippen molar-refractivity contribution >= 4 is 15.9 Å². The van der Waals surface area contributed by atoms with Crippen LogP contribution in [0.25, 0.3) is 0 Å². The monoisotopic (exact) mass is 292 g/mol. The van der Waals surface area contributed by atoms with Gasteiger partial charge in [0.1, 0.15) is 0 Å². The van der Waals surface area contributed by atoms with E-state index in [-0.39, 0.29) is 12.2 Å². The molecule has 1 aliphatic carbocycles. The van der Waals surface area contributed by atoms with Crippen LogP contribution in [0.4, 0.5) is 0 Å². The Kier molecular flexibility index (Phi) is 4.27. The van der Waals surface area contributed by atoms with Gasteiger partial charge in [-0.25, -0.2) is 0 Å². The van der Waals surface area contributed by atoms with Gasteiger partial charge in [0.15, 0.2) is 0 Å². The first-order chi connectivity index (χ1) is 7.60. The van der Waals surface area contributed by atoms with E-state index in [1.165, 1.54) is 0 Å². The first-order valence-corrected chi connectivity index (χ1v) is 6.99. The van der Waals surface area contributed by atoms with Gasteiger partial charge in [-0.3, -0.25) is 0 Å². The molecule has 2 aliphatic rings. The summed E-state index contributed by atoms with van der Waals surface area (Å²) >= 11 is 3.59. The summed E-state index contributed by atoms with van der Waals surface area (Å²) in [6, 6.07) is 0. The Bertz CT molecular complexity index is 226. The molecule has 0 bridgehead atoms. The van der Waals surface area contributed by atoms with Crippen LogP contribution in [0, 0.1) is 0 Å². The van der Waals surface area contributed by atoms with Crippen LogP contribution in [0.15, 0.2) is 0 Å². The van der Waals surface area contributed by atoms with Crippen molar-refractivity contribution in [1.29, 1.82) is 0 Å². The van der Waals surface area contributed by atoms with E-state index in [2.05, 4.69) is 29.8 Å². The van der Waals surface area contributed by atoms with Gasteiger partial charge in [0.05, 0.1) is 30.5 Å². The van der Waals surface area contributed by atoms with Crippen molar-refractivity contribution in [3.05, 3.63) is 0 Å². The standard InChI is InChI=1S/C12H21BrO3/c1-7-4-9(5-8(2)15-7)16-11-6-10(13)12(11)14-3/h7-12H,4-6H2,1-3H3. The molecule has 0 aromatic carbocycles. The molecule has 1 saturated carbocycles. The minimum Gasteiger partial charge on any atom is -0.378 e.